The highest BCUT2D eigenvalue weighted by molar-refractivity contribution is 5.31. The van der Waals surface area contributed by atoms with Crippen LogP contribution < -0.4 is 4.74 Å². The van der Waals surface area contributed by atoms with Crippen LogP contribution in [0.25, 0.3) is 0 Å². The Bertz CT molecular complexity index is 380. The van der Waals surface area contributed by atoms with Crippen molar-refractivity contribution in [1.82, 2.24) is 0 Å². The van der Waals surface area contributed by atoms with Gasteiger partial charge in [0.05, 0.1) is 13.2 Å². The highest BCUT2D eigenvalue weighted by atomic mass is 16.5. The SMILES string of the molecule is COc1cccc(C2CCC(C#N)C2)c1. The van der Waals surface area contributed by atoms with Gasteiger partial charge in [-0.2, -0.15) is 5.26 Å². The molecule has 1 aliphatic carbocycles. The first kappa shape index (κ1) is 10.0. The predicted octanol–water partition coefficient (Wildman–Crippen LogP) is 3.10. The Kier molecular flexibility index (Phi) is 2.91. The van der Waals surface area contributed by atoms with E-state index in [9.17, 15) is 0 Å². The van der Waals surface area contributed by atoms with Gasteiger partial charge in [-0.25, -0.2) is 0 Å². The molecule has 0 aliphatic heterocycles. The lowest BCUT2D eigenvalue weighted by molar-refractivity contribution is 0.413. The van der Waals surface area contributed by atoms with Crippen molar-refractivity contribution in [2.75, 3.05) is 7.11 Å². The van der Waals surface area contributed by atoms with Crippen LogP contribution in [-0.2, 0) is 0 Å². The summed E-state index contributed by atoms with van der Waals surface area (Å²) >= 11 is 0. The van der Waals surface area contributed by atoms with Crippen molar-refractivity contribution in [3.63, 3.8) is 0 Å². The Hall–Kier alpha value is -1.49. The number of nitriles is 1. The van der Waals surface area contributed by atoms with Crippen molar-refractivity contribution in [2.24, 2.45) is 5.92 Å². The molecule has 0 N–H and O–H groups in total. The minimum atomic E-state index is 0.251. The molecule has 0 spiro atoms. The van der Waals surface area contributed by atoms with Crippen LogP contribution in [0.3, 0.4) is 0 Å². The summed E-state index contributed by atoms with van der Waals surface area (Å²) < 4.78 is 5.20. The average Bonchev–Trinajstić information content (AvgIpc) is 2.78. The Balaban J connectivity index is 2.13. The molecule has 0 amide bonds. The molecule has 1 aromatic carbocycles. The van der Waals surface area contributed by atoms with Crippen molar-refractivity contribution < 1.29 is 4.74 Å². The van der Waals surface area contributed by atoms with Gasteiger partial charge in [0.2, 0.25) is 0 Å². The lowest BCUT2D eigenvalue weighted by Crippen LogP contribution is -1.94. The fraction of sp³-hybridized carbons (Fsp3) is 0.462. The summed E-state index contributed by atoms with van der Waals surface area (Å²) in [4.78, 5) is 0. The summed E-state index contributed by atoms with van der Waals surface area (Å²) in [6, 6.07) is 10.6. The average molecular weight is 201 g/mol. The third-order valence-corrected chi connectivity index (χ3v) is 3.18. The number of ether oxygens (including phenoxy) is 1. The molecule has 2 rings (SSSR count). The van der Waals surface area contributed by atoms with Crippen molar-refractivity contribution in [2.45, 2.75) is 25.2 Å². The van der Waals surface area contributed by atoms with E-state index in [1.807, 2.05) is 12.1 Å². The minimum absolute atomic E-state index is 0.251. The van der Waals surface area contributed by atoms with Gasteiger partial charge in [0.15, 0.2) is 0 Å². The standard InChI is InChI=1S/C13H15NO/c1-15-13-4-2-3-11(8-13)12-6-5-10(7-12)9-14/h2-4,8,10,12H,5-7H2,1H3. The number of benzene rings is 1. The first-order chi connectivity index (χ1) is 7.33. The first-order valence-corrected chi connectivity index (χ1v) is 5.37. The smallest absolute Gasteiger partial charge is 0.119 e. The summed E-state index contributed by atoms with van der Waals surface area (Å²) in [5.41, 5.74) is 1.31. The first-order valence-electron chi connectivity index (χ1n) is 5.37. The van der Waals surface area contributed by atoms with Gasteiger partial charge in [-0.1, -0.05) is 12.1 Å². The van der Waals surface area contributed by atoms with Gasteiger partial charge in [-0.05, 0) is 42.9 Å². The second kappa shape index (κ2) is 4.35. The zero-order valence-electron chi connectivity index (χ0n) is 8.94. The molecule has 0 bridgehead atoms. The zero-order chi connectivity index (χ0) is 10.7. The second-order valence-corrected chi connectivity index (χ2v) is 4.11. The summed E-state index contributed by atoms with van der Waals surface area (Å²) in [5, 5.41) is 8.86. The monoisotopic (exact) mass is 201 g/mol. The Morgan fingerprint density at radius 1 is 1.40 bits per heavy atom. The fourth-order valence-corrected chi connectivity index (χ4v) is 2.30. The van der Waals surface area contributed by atoms with Gasteiger partial charge < -0.3 is 4.74 Å². The molecule has 2 atom stereocenters. The van der Waals surface area contributed by atoms with Crippen LogP contribution in [0.15, 0.2) is 24.3 Å². The number of hydrogen-bond donors (Lipinski definition) is 0. The van der Waals surface area contributed by atoms with Gasteiger partial charge in [0, 0.05) is 5.92 Å². The molecular weight excluding hydrogens is 186 g/mol. The molecule has 0 aromatic heterocycles. The van der Waals surface area contributed by atoms with Crippen LogP contribution in [0.4, 0.5) is 0 Å². The normalized spacial score (nSPS) is 24.8. The molecule has 2 nitrogen and oxygen atoms in total. The van der Waals surface area contributed by atoms with E-state index in [-0.39, 0.29) is 5.92 Å². The molecule has 78 valence electrons. The molecular formula is C13H15NO. The van der Waals surface area contributed by atoms with Crippen LogP contribution in [0.1, 0.15) is 30.7 Å². The van der Waals surface area contributed by atoms with Gasteiger partial charge in [0.25, 0.3) is 0 Å². The number of methoxy groups -OCH3 is 1. The van der Waals surface area contributed by atoms with Crippen LogP contribution in [0, 0.1) is 17.2 Å². The van der Waals surface area contributed by atoms with E-state index in [1.165, 1.54) is 5.56 Å². The Morgan fingerprint density at radius 3 is 2.93 bits per heavy atom. The van der Waals surface area contributed by atoms with Crippen LogP contribution >= 0.6 is 0 Å². The van der Waals surface area contributed by atoms with E-state index < -0.39 is 0 Å². The maximum atomic E-state index is 8.86. The minimum Gasteiger partial charge on any atom is -0.497 e. The van der Waals surface area contributed by atoms with E-state index >= 15 is 0 Å². The van der Waals surface area contributed by atoms with E-state index in [0.717, 1.165) is 25.0 Å². The molecule has 1 fully saturated rings. The van der Waals surface area contributed by atoms with Gasteiger partial charge in [-0.15, -0.1) is 0 Å². The topological polar surface area (TPSA) is 33.0 Å². The maximum absolute atomic E-state index is 8.86. The third-order valence-electron chi connectivity index (χ3n) is 3.18. The molecule has 1 aromatic rings. The molecule has 1 saturated carbocycles. The van der Waals surface area contributed by atoms with E-state index in [2.05, 4.69) is 18.2 Å². The van der Waals surface area contributed by atoms with E-state index in [0.29, 0.717) is 5.92 Å². The van der Waals surface area contributed by atoms with Gasteiger partial charge in [-0.3, -0.25) is 0 Å². The summed E-state index contributed by atoms with van der Waals surface area (Å²) in [7, 11) is 1.69. The number of rotatable bonds is 2. The zero-order valence-corrected chi connectivity index (χ0v) is 8.94. The van der Waals surface area contributed by atoms with Crippen molar-refractivity contribution in [3.8, 4) is 11.8 Å². The van der Waals surface area contributed by atoms with E-state index in [1.54, 1.807) is 7.11 Å². The largest absolute Gasteiger partial charge is 0.497 e. The molecule has 1 aliphatic rings. The highest BCUT2D eigenvalue weighted by Gasteiger charge is 2.25. The summed E-state index contributed by atoms with van der Waals surface area (Å²) in [6.45, 7) is 0. The lowest BCUT2D eigenvalue weighted by Gasteiger charge is -2.10. The van der Waals surface area contributed by atoms with Crippen LogP contribution in [-0.4, -0.2) is 7.11 Å². The quantitative estimate of drug-likeness (QED) is 0.736. The molecule has 0 heterocycles. The third kappa shape index (κ3) is 2.12. The molecule has 15 heavy (non-hydrogen) atoms. The fourth-order valence-electron chi connectivity index (χ4n) is 2.30. The Labute approximate surface area is 90.5 Å². The number of hydrogen-bond acceptors (Lipinski definition) is 2. The predicted molar refractivity (Wildman–Crippen MR) is 58.7 cm³/mol. The van der Waals surface area contributed by atoms with Crippen molar-refractivity contribution in [3.05, 3.63) is 29.8 Å². The molecule has 0 saturated heterocycles. The lowest BCUT2D eigenvalue weighted by atomic mass is 9.96. The van der Waals surface area contributed by atoms with E-state index in [4.69, 9.17) is 10.00 Å². The second-order valence-electron chi connectivity index (χ2n) is 4.11. The van der Waals surface area contributed by atoms with Crippen molar-refractivity contribution in [1.29, 1.82) is 5.26 Å². The molecule has 0 radical (unpaired) electrons. The van der Waals surface area contributed by atoms with Gasteiger partial charge >= 0.3 is 0 Å². The molecule has 2 unspecified atom stereocenters. The summed E-state index contributed by atoms with van der Waals surface area (Å²) in [5.74, 6) is 1.71. The maximum Gasteiger partial charge on any atom is 0.119 e. The summed E-state index contributed by atoms with van der Waals surface area (Å²) in [6.07, 6.45) is 3.17. The Morgan fingerprint density at radius 2 is 2.27 bits per heavy atom. The van der Waals surface area contributed by atoms with Crippen molar-refractivity contribution >= 4 is 0 Å². The molecule has 2 heteroatoms. The number of nitrogens with zero attached hydrogens (tertiary/aromatic N) is 1. The van der Waals surface area contributed by atoms with Crippen LogP contribution in [0.2, 0.25) is 0 Å². The highest BCUT2D eigenvalue weighted by Crippen LogP contribution is 2.38. The van der Waals surface area contributed by atoms with Crippen LogP contribution in [0.5, 0.6) is 5.75 Å². The van der Waals surface area contributed by atoms with Gasteiger partial charge in [0.1, 0.15) is 5.75 Å².